The average molecular weight is 428 g/mol. The first-order valence-corrected chi connectivity index (χ1v) is 12.1. The zero-order valence-electron chi connectivity index (χ0n) is 20.6. The molecule has 4 heterocycles. The number of hydrogen-bond donors (Lipinski definition) is 0. The summed E-state index contributed by atoms with van der Waals surface area (Å²) in [6, 6.07) is 18.8. The maximum absolute atomic E-state index is 2.54. The van der Waals surface area contributed by atoms with Crippen molar-refractivity contribution < 1.29 is 0 Å². The molecule has 33 heavy (non-hydrogen) atoms. The van der Waals surface area contributed by atoms with Gasteiger partial charge in [-0.3, -0.25) is 0 Å². The zero-order chi connectivity index (χ0) is 23.0. The summed E-state index contributed by atoms with van der Waals surface area (Å²) in [5.41, 5.74) is 16.9. The lowest BCUT2D eigenvalue weighted by Gasteiger charge is -2.34. The van der Waals surface area contributed by atoms with E-state index in [2.05, 4.69) is 106 Å². The number of benzene rings is 3. The molecular formula is C30H29BN2. The number of rotatable bonds is 0. The maximum Gasteiger partial charge on any atom is 0.252 e. The fraction of sp³-hybridized carbons (Fsp3) is 0.267. The number of hydrogen-bond acceptors (Lipinski definition) is 0. The molecule has 0 amide bonds. The molecule has 0 N–H and O–H groups in total. The molecule has 0 radical (unpaired) electrons. The first kappa shape index (κ1) is 19.3. The number of aryl methyl sites for hydroxylation is 2. The van der Waals surface area contributed by atoms with Crippen molar-refractivity contribution in [2.24, 2.45) is 0 Å². The molecule has 3 heteroatoms. The van der Waals surface area contributed by atoms with E-state index in [1.54, 1.807) is 0 Å². The van der Waals surface area contributed by atoms with Gasteiger partial charge in [-0.1, -0.05) is 51.1 Å². The van der Waals surface area contributed by atoms with Crippen LogP contribution in [0.1, 0.15) is 48.8 Å². The van der Waals surface area contributed by atoms with Crippen LogP contribution in [-0.2, 0) is 5.41 Å². The van der Waals surface area contributed by atoms with Gasteiger partial charge in [0.05, 0.1) is 0 Å². The van der Waals surface area contributed by atoms with Gasteiger partial charge in [0.2, 0.25) is 0 Å². The largest absolute Gasteiger partial charge is 0.315 e. The van der Waals surface area contributed by atoms with Crippen molar-refractivity contribution in [2.75, 3.05) is 0 Å². The van der Waals surface area contributed by atoms with E-state index in [1.165, 1.54) is 77.6 Å². The van der Waals surface area contributed by atoms with E-state index in [9.17, 15) is 0 Å². The lowest BCUT2D eigenvalue weighted by Crippen LogP contribution is -2.59. The van der Waals surface area contributed by atoms with Gasteiger partial charge in [-0.15, -0.1) is 0 Å². The molecule has 0 fully saturated rings. The Kier molecular flexibility index (Phi) is 3.41. The van der Waals surface area contributed by atoms with Crippen LogP contribution in [0.2, 0.25) is 0 Å². The highest BCUT2D eigenvalue weighted by molar-refractivity contribution is 7.00. The first-order chi connectivity index (χ1) is 15.7. The summed E-state index contributed by atoms with van der Waals surface area (Å²) >= 11 is 0. The third kappa shape index (κ3) is 2.12. The Bertz CT molecular complexity index is 1690. The molecule has 7 rings (SSSR count). The molecule has 5 aromatic rings. The average Bonchev–Trinajstić information content (AvgIpc) is 3.20. The summed E-state index contributed by atoms with van der Waals surface area (Å²) in [7, 11) is 0. The van der Waals surface area contributed by atoms with Gasteiger partial charge in [-0.25, -0.2) is 0 Å². The van der Waals surface area contributed by atoms with E-state index in [4.69, 9.17) is 0 Å². The van der Waals surface area contributed by atoms with E-state index in [0.29, 0.717) is 0 Å². The SMILES string of the molecule is Cc1c(C)n2c3c(cccc13)B1c3c-2cccc3-n2c(C)c(C)c3cc(C(C)(C)C)cc1c32. The molecule has 0 aliphatic carbocycles. The van der Waals surface area contributed by atoms with Gasteiger partial charge in [-0.05, 0) is 84.4 Å². The minimum Gasteiger partial charge on any atom is -0.315 e. The van der Waals surface area contributed by atoms with Crippen molar-refractivity contribution in [3.05, 3.63) is 76.6 Å². The molecule has 3 aromatic carbocycles. The topological polar surface area (TPSA) is 9.86 Å². The Labute approximate surface area is 195 Å². The van der Waals surface area contributed by atoms with Crippen molar-refractivity contribution in [3.63, 3.8) is 0 Å². The molecule has 2 aromatic heterocycles. The van der Waals surface area contributed by atoms with Gasteiger partial charge in [-0.2, -0.15) is 0 Å². The Morgan fingerprint density at radius 1 is 0.667 bits per heavy atom. The second-order valence-electron chi connectivity index (χ2n) is 11.2. The molecule has 2 aliphatic heterocycles. The molecule has 2 nitrogen and oxygen atoms in total. The second kappa shape index (κ2) is 5.83. The van der Waals surface area contributed by atoms with E-state index in [0.717, 1.165) is 0 Å². The van der Waals surface area contributed by atoms with Gasteiger partial charge < -0.3 is 9.13 Å². The highest BCUT2D eigenvalue weighted by atomic mass is 15.0. The molecule has 0 spiro atoms. The highest BCUT2D eigenvalue weighted by Crippen LogP contribution is 2.37. The molecular weight excluding hydrogens is 399 g/mol. The molecule has 0 atom stereocenters. The van der Waals surface area contributed by atoms with Crippen LogP contribution in [0.25, 0.3) is 33.2 Å². The molecule has 0 unspecified atom stereocenters. The van der Waals surface area contributed by atoms with Gasteiger partial charge in [0.25, 0.3) is 6.71 Å². The first-order valence-electron chi connectivity index (χ1n) is 12.1. The van der Waals surface area contributed by atoms with E-state index < -0.39 is 0 Å². The van der Waals surface area contributed by atoms with Crippen LogP contribution in [0.5, 0.6) is 0 Å². The summed E-state index contributed by atoms with van der Waals surface area (Å²) in [6.07, 6.45) is 0. The molecule has 0 saturated heterocycles. The van der Waals surface area contributed by atoms with Crippen LogP contribution in [0.15, 0.2) is 48.5 Å². The smallest absolute Gasteiger partial charge is 0.252 e. The van der Waals surface area contributed by atoms with Crippen molar-refractivity contribution in [2.45, 2.75) is 53.9 Å². The molecule has 0 saturated carbocycles. The molecule has 2 aliphatic rings. The third-order valence-electron chi connectivity index (χ3n) is 8.54. The quantitative estimate of drug-likeness (QED) is 0.292. The van der Waals surface area contributed by atoms with Crippen molar-refractivity contribution >= 4 is 44.9 Å². The summed E-state index contributed by atoms with van der Waals surface area (Å²) in [5.74, 6) is 0. The fourth-order valence-electron chi connectivity index (χ4n) is 6.56. The van der Waals surface area contributed by atoms with Crippen molar-refractivity contribution in [1.82, 2.24) is 9.13 Å². The summed E-state index contributed by atoms with van der Waals surface area (Å²) in [4.78, 5) is 0. The molecule has 0 bridgehead atoms. The van der Waals surface area contributed by atoms with Crippen LogP contribution < -0.4 is 16.4 Å². The number of nitrogens with zero attached hydrogens (tertiary/aromatic N) is 2. The third-order valence-corrected chi connectivity index (χ3v) is 8.54. The maximum atomic E-state index is 2.54. The number of para-hydroxylation sites is 1. The van der Waals surface area contributed by atoms with Crippen LogP contribution in [0, 0.1) is 27.7 Å². The van der Waals surface area contributed by atoms with Gasteiger partial charge in [0, 0.05) is 44.6 Å². The summed E-state index contributed by atoms with van der Waals surface area (Å²) in [6.45, 7) is 16.4. The fourth-order valence-corrected chi connectivity index (χ4v) is 6.56. The monoisotopic (exact) mass is 428 g/mol. The van der Waals surface area contributed by atoms with Crippen molar-refractivity contribution in [3.8, 4) is 11.4 Å². The Morgan fingerprint density at radius 3 is 1.88 bits per heavy atom. The van der Waals surface area contributed by atoms with E-state index in [-0.39, 0.29) is 12.1 Å². The van der Waals surface area contributed by atoms with Gasteiger partial charge in [0.15, 0.2) is 0 Å². The lowest BCUT2D eigenvalue weighted by atomic mass is 9.34. The number of fused-ring (bicyclic) bond motifs is 4. The predicted molar refractivity (Wildman–Crippen MR) is 142 cm³/mol. The zero-order valence-corrected chi connectivity index (χ0v) is 20.6. The standard InChI is InChI=1S/C30H29BN2/c1-16-18(3)32-25-12-9-13-26-27(25)31(23-11-8-10-21(16)28(23)32)24-15-20(30(5,6)7)14-22-17(2)19(4)33(26)29(22)24/h8-15H,1-7H3. The normalized spacial score (nSPS) is 13.8. The Morgan fingerprint density at radius 2 is 1.24 bits per heavy atom. The lowest BCUT2D eigenvalue weighted by molar-refractivity contribution is 0.591. The minimum atomic E-state index is 0.0982. The van der Waals surface area contributed by atoms with Crippen LogP contribution in [0.4, 0.5) is 0 Å². The molecule has 162 valence electrons. The van der Waals surface area contributed by atoms with Crippen LogP contribution in [0.3, 0.4) is 0 Å². The number of aromatic nitrogens is 2. The minimum absolute atomic E-state index is 0.0982. The van der Waals surface area contributed by atoms with E-state index in [1.807, 2.05) is 0 Å². The summed E-state index contributed by atoms with van der Waals surface area (Å²) in [5, 5.41) is 2.80. The van der Waals surface area contributed by atoms with E-state index >= 15 is 0 Å². The highest BCUT2D eigenvalue weighted by Gasteiger charge is 2.41. The van der Waals surface area contributed by atoms with Crippen LogP contribution in [-0.4, -0.2) is 15.8 Å². The van der Waals surface area contributed by atoms with Crippen molar-refractivity contribution in [1.29, 1.82) is 0 Å². The van der Waals surface area contributed by atoms with Crippen LogP contribution >= 0.6 is 0 Å². The Balaban J connectivity index is 1.75. The van der Waals surface area contributed by atoms with Gasteiger partial charge in [0.1, 0.15) is 0 Å². The second-order valence-corrected chi connectivity index (χ2v) is 11.2. The Hall–Kier alpha value is -3.20. The predicted octanol–water partition coefficient (Wildman–Crippen LogP) is 5.25. The summed E-state index contributed by atoms with van der Waals surface area (Å²) < 4.78 is 5.06. The van der Waals surface area contributed by atoms with Gasteiger partial charge >= 0.3 is 0 Å².